The number of aryl methyl sites for hydroxylation is 2. The van der Waals surface area contributed by atoms with Crippen molar-refractivity contribution < 1.29 is 8.42 Å². The SMILES string of the molecule is CCn1nc(C)c(NS(=O)(=O)Cc2ccccc2)c1C. The highest BCUT2D eigenvalue weighted by molar-refractivity contribution is 7.91. The minimum Gasteiger partial charge on any atom is -0.280 e. The Morgan fingerprint density at radius 2 is 1.85 bits per heavy atom. The molecule has 0 saturated carbocycles. The van der Waals surface area contributed by atoms with Crippen LogP contribution < -0.4 is 4.72 Å². The van der Waals surface area contributed by atoms with Crippen LogP contribution in [-0.4, -0.2) is 18.2 Å². The Hall–Kier alpha value is -1.82. The van der Waals surface area contributed by atoms with Crippen molar-refractivity contribution in [2.24, 2.45) is 0 Å². The van der Waals surface area contributed by atoms with Crippen molar-refractivity contribution in [3.05, 3.63) is 47.3 Å². The van der Waals surface area contributed by atoms with Crippen LogP contribution in [0.4, 0.5) is 5.69 Å². The van der Waals surface area contributed by atoms with Crippen molar-refractivity contribution in [3.8, 4) is 0 Å². The van der Waals surface area contributed by atoms with Crippen LogP contribution in [0.15, 0.2) is 30.3 Å². The summed E-state index contributed by atoms with van der Waals surface area (Å²) in [7, 11) is -3.43. The van der Waals surface area contributed by atoms with Crippen LogP contribution in [0.5, 0.6) is 0 Å². The van der Waals surface area contributed by atoms with Gasteiger partial charge in [-0.1, -0.05) is 30.3 Å². The molecular weight excluding hydrogens is 274 g/mol. The average Bonchev–Trinajstić information content (AvgIpc) is 2.66. The third-order valence-electron chi connectivity index (χ3n) is 3.14. The molecule has 0 saturated heterocycles. The Morgan fingerprint density at radius 3 is 2.40 bits per heavy atom. The molecule has 1 aromatic heterocycles. The lowest BCUT2D eigenvalue weighted by Gasteiger charge is -2.08. The second-order valence-electron chi connectivity index (χ2n) is 4.71. The largest absolute Gasteiger partial charge is 0.280 e. The summed E-state index contributed by atoms with van der Waals surface area (Å²) in [5.74, 6) is -0.0377. The number of anilines is 1. The molecule has 0 unspecified atom stereocenters. The highest BCUT2D eigenvalue weighted by Gasteiger charge is 2.17. The standard InChI is InChI=1S/C14H19N3O2S/c1-4-17-12(3)14(11(2)15-17)16-20(18,19)10-13-8-6-5-7-9-13/h5-9,16H,4,10H2,1-3H3. The minimum absolute atomic E-state index is 0.0377. The van der Waals surface area contributed by atoms with Crippen molar-refractivity contribution in [1.29, 1.82) is 0 Å². The number of nitrogens with one attached hydrogen (secondary N) is 1. The summed E-state index contributed by atoms with van der Waals surface area (Å²) in [5, 5.41) is 4.31. The van der Waals surface area contributed by atoms with Gasteiger partial charge < -0.3 is 0 Å². The average molecular weight is 293 g/mol. The number of hydrogen-bond donors (Lipinski definition) is 1. The first-order chi connectivity index (χ1) is 9.43. The fraction of sp³-hybridized carbons (Fsp3) is 0.357. The molecule has 2 rings (SSSR count). The smallest absolute Gasteiger partial charge is 0.237 e. The van der Waals surface area contributed by atoms with Gasteiger partial charge in [0.25, 0.3) is 0 Å². The number of aromatic nitrogens is 2. The number of hydrogen-bond acceptors (Lipinski definition) is 3. The number of rotatable bonds is 5. The van der Waals surface area contributed by atoms with E-state index in [-0.39, 0.29) is 5.75 Å². The van der Waals surface area contributed by atoms with E-state index in [2.05, 4.69) is 9.82 Å². The fourth-order valence-corrected chi connectivity index (χ4v) is 3.45. The maximum Gasteiger partial charge on any atom is 0.237 e. The highest BCUT2D eigenvalue weighted by Crippen LogP contribution is 2.21. The molecule has 2 aromatic rings. The lowest BCUT2D eigenvalue weighted by atomic mass is 10.2. The lowest BCUT2D eigenvalue weighted by molar-refractivity contribution is 0.600. The fourth-order valence-electron chi connectivity index (χ4n) is 2.14. The minimum atomic E-state index is -3.43. The Labute approximate surface area is 119 Å². The quantitative estimate of drug-likeness (QED) is 0.921. The van der Waals surface area contributed by atoms with Gasteiger partial charge >= 0.3 is 0 Å². The van der Waals surface area contributed by atoms with Crippen molar-refractivity contribution in [3.63, 3.8) is 0 Å². The summed E-state index contributed by atoms with van der Waals surface area (Å²) < 4.78 is 28.9. The molecule has 5 nitrogen and oxygen atoms in total. The molecule has 6 heteroatoms. The van der Waals surface area contributed by atoms with Gasteiger partial charge in [-0.15, -0.1) is 0 Å². The first-order valence-electron chi connectivity index (χ1n) is 6.51. The van der Waals surface area contributed by atoms with E-state index in [0.29, 0.717) is 17.9 Å². The number of sulfonamides is 1. The maximum atomic E-state index is 12.2. The zero-order chi connectivity index (χ0) is 14.8. The van der Waals surface area contributed by atoms with Crippen LogP contribution in [-0.2, 0) is 22.3 Å². The molecule has 0 atom stereocenters. The molecule has 0 aliphatic carbocycles. The van der Waals surface area contributed by atoms with E-state index >= 15 is 0 Å². The second kappa shape index (κ2) is 5.66. The van der Waals surface area contributed by atoms with E-state index in [1.54, 1.807) is 23.7 Å². The molecule has 20 heavy (non-hydrogen) atoms. The molecule has 0 bridgehead atoms. The first-order valence-corrected chi connectivity index (χ1v) is 8.16. The van der Waals surface area contributed by atoms with E-state index in [9.17, 15) is 8.42 Å². The van der Waals surface area contributed by atoms with Crippen molar-refractivity contribution in [2.75, 3.05) is 4.72 Å². The summed E-state index contributed by atoms with van der Waals surface area (Å²) in [6.07, 6.45) is 0. The topological polar surface area (TPSA) is 64.0 Å². The molecular formula is C14H19N3O2S. The van der Waals surface area contributed by atoms with Gasteiger partial charge in [-0.05, 0) is 26.3 Å². The molecule has 108 valence electrons. The van der Waals surface area contributed by atoms with Crippen molar-refractivity contribution in [1.82, 2.24) is 9.78 Å². The molecule has 0 aliphatic heterocycles. The second-order valence-corrected chi connectivity index (χ2v) is 6.43. The molecule has 0 fully saturated rings. The molecule has 0 aliphatic rings. The molecule has 0 spiro atoms. The zero-order valence-corrected chi connectivity index (χ0v) is 12.7. The molecule has 0 amide bonds. The third-order valence-corrected chi connectivity index (χ3v) is 4.37. The van der Waals surface area contributed by atoms with Crippen LogP contribution in [0.1, 0.15) is 23.9 Å². The summed E-state index contributed by atoms with van der Waals surface area (Å²) in [6.45, 7) is 6.36. The van der Waals surface area contributed by atoms with Crippen LogP contribution in [0, 0.1) is 13.8 Å². The Kier molecular flexibility index (Phi) is 4.13. The van der Waals surface area contributed by atoms with E-state index < -0.39 is 10.0 Å². The van der Waals surface area contributed by atoms with Crippen LogP contribution in [0.3, 0.4) is 0 Å². The predicted octanol–water partition coefficient (Wildman–Crippen LogP) is 2.46. The molecule has 1 aromatic carbocycles. The van der Waals surface area contributed by atoms with E-state index in [1.807, 2.05) is 32.0 Å². The van der Waals surface area contributed by atoms with Gasteiger partial charge in [0.15, 0.2) is 0 Å². The number of benzene rings is 1. The normalized spacial score (nSPS) is 11.6. The van der Waals surface area contributed by atoms with Crippen molar-refractivity contribution >= 4 is 15.7 Å². The predicted molar refractivity (Wildman–Crippen MR) is 80.1 cm³/mol. The van der Waals surface area contributed by atoms with Gasteiger partial charge in [0, 0.05) is 6.54 Å². The number of nitrogens with zero attached hydrogens (tertiary/aromatic N) is 2. The Bertz CT molecular complexity index is 691. The van der Waals surface area contributed by atoms with Gasteiger partial charge in [0.2, 0.25) is 10.0 Å². The molecule has 1 heterocycles. The van der Waals surface area contributed by atoms with Gasteiger partial charge in [-0.25, -0.2) is 8.42 Å². The summed E-state index contributed by atoms with van der Waals surface area (Å²) in [6, 6.07) is 9.12. The summed E-state index contributed by atoms with van der Waals surface area (Å²) in [5.41, 5.74) is 2.88. The summed E-state index contributed by atoms with van der Waals surface area (Å²) >= 11 is 0. The Balaban J connectivity index is 2.23. The van der Waals surface area contributed by atoms with Gasteiger partial charge in [-0.2, -0.15) is 5.10 Å². The highest BCUT2D eigenvalue weighted by atomic mass is 32.2. The van der Waals surface area contributed by atoms with Crippen LogP contribution in [0.2, 0.25) is 0 Å². The molecule has 1 N–H and O–H groups in total. The zero-order valence-electron chi connectivity index (χ0n) is 11.9. The Morgan fingerprint density at radius 1 is 1.20 bits per heavy atom. The van der Waals surface area contributed by atoms with E-state index in [0.717, 1.165) is 11.3 Å². The lowest BCUT2D eigenvalue weighted by Crippen LogP contribution is -2.16. The van der Waals surface area contributed by atoms with E-state index in [4.69, 9.17) is 0 Å². The van der Waals surface area contributed by atoms with Gasteiger partial charge in [0.05, 0.1) is 22.8 Å². The monoisotopic (exact) mass is 293 g/mol. The van der Waals surface area contributed by atoms with E-state index in [1.165, 1.54) is 0 Å². The maximum absolute atomic E-state index is 12.2. The summed E-state index contributed by atoms with van der Waals surface area (Å²) in [4.78, 5) is 0. The van der Waals surface area contributed by atoms with Crippen LogP contribution in [0.25, 0.3) is 0 Å². The third kappa shape index (κ3) is 3.19. The van der Waals surface area contributed by atoms with Gasteiger partial charge in [0.1, 0.15) is 0 Å². The molecule has 0 radical (unpaired) electrons. The van der Waals surface area contributed by atoms with Crippen LogP contribution >= 0.6 is 0 Å². The van der Waals surface area contributed by atoms with Crippen molar-refractivity contribution in [2.45, 2.75) is 33.1 Å². The van der Waals surface area contributed by atoms with Gasteiger partial charge in [-0.3, -0.25) is 9.40 Å². The first kappa shape index (κ1) is 14.6.